The quantitative estimate of drug-likeness (QED) is 0.840. The van der Waals surface area contributed by atoms with Gasteiger partial charge >= 0.3 is 5.97 Å². The van der Waals surface area contributed by atoms with Crippen LogP contribution in [0, 0.1) is 5.92 Å². The maximum atomic E-state index is 12.7. The molecule has 0 aliphatic heterocycles. The Morgan fingerprint density at radius 2 is 1.82 bits per heavy atom. The van der Waals surface area contributed by atoms with Gasteiger partial charge in [0.2, 0.25) is 5.91 Å². The lowest BCUT2D eigenvalue weighted by Gasteiger charge is -2.33. The highest BCUT2D eigenvalue weighted by Crippen LogP contribution is 2.32. The van der Waals surface area contributed by atoms with E-state index < -0.39 is 5.97 Å². The number of carboxylic acid groups (broad SMARTS) is 1. The van der Waals surface area contributed by atoms with E-state index in [2.05, 4.69) is 25.7 Å². The van der Waals surface area contributed by atoms with Gasteiger partial charge in [-0.1, -0.05) is 32.4 Å². The van der Waals surface area contributed by atoms with Crippen LogP contribution >= 0.6 is 0 Å². The zero-order valence-electron chi connectivity index (χ0n) is 13.6. The summed E-state index contributed by atoms with van der Waals surface area (Å²) in [5.74, 6) is -0.305. The van der Waals surface area contributed by atoms with E-state index in [1.165, 1.54) is 0 Å². The van der Waals surface area contributed by atoms with Crippen LogP contribution in [0.2, 0.25) is 0 Å². The van der Waals surface area contributed by atoms with E-state index in [0.29, 0.717) is 18.4 Å². The first-order chi connectivity index (χ1) is 10.4. The van der Waals surface area contributed by atoms with E-state index in [9.17, 15) is 9.59 Å². The summed E-state index contributed by atoms with van der Waals surface area (Å²) in [4.78, 5) is 25.6. The van der Waals surface area contributed by atoms with Crippen LogP contribution < -0.4 is 0 Å². The van der Waals surface area contributed by atoms with Crippen LogP contribution in [0.25, 0.3) is 0 Å². The molecule has 2 unspecified atom stereocenters. The first-order valence-electron chi connectivity index (χ1n) is 8.07. The first-order valence-corrected chi connectivity index (χ1v) is 8.07. The standard InChI is InChI=1S/C18H25NO3/c1-4-12(2)13(3)19(16-9-10-16)17(20)11-14-5-7-15(8-6-14)18(21)22/h5-8,12-13,16H,4,9-11H2,1-3H3,(H,21,22). The largest absolute Gasteiger partial charge is 0.478 e. The van der Waals surface area contributed by atoms with Crippen LogP contribution in [0.5, 0.6) is 0 Å². The summed E-state index contributed by atoms with van der Waals surface area (Å²) in [5.41, 5.74) is 1.13. The van der Waals surface area contributed by atoms with Crippen molar-refractivity contribution in [3.8, 4) is 0 Å². The third-order valence-corrected chi connectivity index (χ3v) is 4.69. The lowest BCUT2D eigenvalue weighted by Crippen LogP contribution is -2.44. The van der Waals surface area contributed by atoms with Gasteiger partial charge in [-0.25, -0.2) is 4.79 Å². The van der Waals surface area contributed by atoms with E-state index >= 15 is 0 Å². The highest BCUT2D eigenvalue weighted by atomic mass is 16.4. The monoisotopic (exact) mass is 303 g/mol. The normalized spacial score (nSPS) is 16.9. The van der Waals surface area contributed by atoms with Gasteiger partial charge < -0.3 is 10.0 Å². The Kier molecular flexibility index (Phi) is 5.22. The molecule has 0 saturated heterocycles. The van der Waals surface area contributed by atoms with Crippen molar-refractivity contribution in [2.45, 2.75) is 58.5 Å². The van der Waals surface area contributed by atoms with Crippen molar-refractivity contribution in [2.75, 3.05) is 0 Å². The number of hydrogen-bond acceptors (Lipinski definition) is 2. The van der Waals surface area contributed by atoms with Gasteiger partial charge in [0.05, 0.1) is 12.0 Å². The second kappa shape index (κ2) is 6.95. The molecule has 22 heavy (non-hydrogen) atoms. The van der Waals surface area contributed by atoms with Gasteiger partial charge in [-0.2, -0.15) is 0 Å². The fourth-order valence-corrected chi connectivity index (χ4v) is 2.76. The van der Waals surface area contributed by atoms with Crippen molar-refractivity contribution in [2.24, 2.45) is 5.92 Å². The lowest BCUT2D eigenvalue weighted by molar-refractivity contribution is -0.134. The molecule has 2 rings (SSSR count). The lowest BCUT2D eigenvalue weighted by atomic mass is 9.98. The Morgan fingerprint density at radius 1 is 1.23 bits per heavy atom. The Morgan fingerprint density at radius 3 is 2.27 bits per heavy atom. The number of benzene rings is 1. The molecule has 2 atom stereocenters. The van der Waals surface area contributed by atoms with Crippen LogP contribution in [-0.2, 0) is 11.2 Å². The van der Waals surface area contributed by atoms with Gasteiger partial charge in [0.25, 0.3) is 0 Å². The van der Waals surface area contributed by atoms with Crippen molar-refractivity contribution < 1.29 is 14.7 Å². The van der Waals surface area contributed by atoms with Crippen molar-refractivity contribution in [3.63, 3.8) is 0 Å². The molecular formula is C18H25NO3. The van der Waals surface area contributed by atoms with Gasteiger partial charge in [-0.05, 0) is 43.4 Å². The number of carboxylic acids is 1. The molecule has 1 saturated carbocycles. The molecule has 0 aromatic heterocycles. The molecule has 1 aromatic carbocycles. The average Bonchev–Trinajstić information content (AvgIpc) is 3.31. The summed E-state index contributed by atoms with van der Waals surface area (Å²) in [6.45, 7) is 6.48. The maximum Gasteiger partial charge on any atom is 0.335 e. The number of aromatic carboxylic acids is 1. The minimum Gasteiger partial charge on any atom is -0.478 e. The maximum absolute atomic E-state index is 12.7. The Labute approximate surface area is 132 Å². The molecule has 1 fully saturated rings. The second-order valence-electron chi connectivity index (χ2n) is 6.34. The number of hydrogen-bond donors (Lipinski definition) is 1. The van der Waals surface area contributed by atoms with E-state index in [0.717, 1.165) is 24.8 Å². The zero-order chi connectivity index (χ0) is 16.3. The third kappa shape index (κ3) is 3.87. The molecule has 0 heterocycles. The Bertz CT molecular complexity index is 534. The SMILES string of the molecule is CCC(C)C(C)N(C(=O)Cc1ccc(C(=O)O)cc1)C1CC1. The molecule has 0 bridgehead atoms. The fraction of sp³-hybridized carbons (Fsp3) is 0.556. The number of nitrogens with zero attached hydrogens (tertiary/aromatic N) is 1. The van der Waals surface area contributed by atoms with Crippen LogP contribution in [0.15, 0.2) is 24.3 Å². The Balaban J connectivity index is 2.06. The van der Waals surface area contributed by atoms with Gasteiger partial charge in [-0.3, -0.25) is 4.79 Å². The van der Waals surface area contributed by atoms with Gasteiger partial charge in [0.15, 0.2) is 0 Å². The molecule has 1 aromatic rings. The average molecular weight is 303 g/mol. The second-order valence-corrected chi connectivity index (χ2v) is 6.34. The summed E-state index contributed by atoms with van der Waals surface area (Å²) < 4.78 is 0. The van der Waals surface area contributed by atoms with Gasteiger partial charge in [0, 0.05) is 12.1 Å². The molecule has 1 N–H and O–H groups in total. The number of amides is 1. The molecule has 1 aliphatic rings. The summed E-state index contributed by atoms with van der Waals surface area (Å²) >= 11 is 0. The first kappa shape index (κ1) is 16.5. The minimum absolute atomic E-state index is 0.151. The highest BCUT2D eigenvalue weighted by Gasteiger charge is 2.36. The van der Waals surface area contributed by atoms with E-state index in [-0.39, 0.29) is 17.5 Å². The van der Waals surface area contributed by atoms with Crippen molar-refractivity contribution >= 4 is 11.9 Å². The molecule has 1 amide bonds. The van der Waals surface area contributed by atoms with Crippen LogP contribution in [-0.4, -0.2) is 34.0 Å². The zero-order valence-corrected chi connectivity index (χ0v) is 13.6. The van der Waals surface area contributed by atoms with Crippen molar-refractivity contribution in [1.82, 2.24) is 4.90 Å². The van der Waals surface area contributed by atoms with Crippen molar-refractivity contribution in [3.05, 3.63) is 35.4 Å². The number of carbonyl (C=O) groups excluding carboxylic acids is 1. The number of rotatable bonds is 7. The Hall–Kier alpha value is -1.84. The van der Waals surface area contributed by atoms with E-state index in [1.54, 1.807) is 24.3 Å². The summed E-state index contributed by atoms with van der Waals surface area (Å²) in [6.07, 6.45) is 3.61. The fourth-order valence-electron chi connectivity index (χ4n) is 2.76. The van der Waals surface area contributed by atoms with E-state index in [1.807, 2.05) is 0 Å². The summed E-state index contributed by atoms with van der Waals surface area (Å²) in [5, 5.41) is 8.91. The predicted molar refractivity (Wildman–Crippen MR) is 85.9 cm³/mol. The van der Waals surface area contributed by atoms with Crippen LogP contribution in [0.4, 0.5) is 0 Å². The molecule has 4 nitrogen and oxygen atoms in total. The smallest absolute Gasteiger partial charge is 0.335 e. The molecule has 0 radical (unpaired) electrons. The highest BCUT2D eigenvalue weighted by molar-refractivity contribution is 5.87. The molecule has 0 spiro atoms. The minimum atomic E-state index is -0.942. The van der Waals surface area contributed by atoms with E-state index in [4.69, 9.17) is 5.11 Å². The summed E-state index contributed by atoms with van der Waals surface area (Å²) in [6, 6.07) is 7.24. The molecule has 1 aliphatic carbocycles. The molecule has 4 heteroatoms. The topological polar surface area (TPSA) is 57.6 Å². The van der Waals surface area contributed by atoms with Crippen LogP contribution in [0.1, 0.15) is 56.0 Å². The third-order valence-electron chi connectivity index (χ3n) is 4.69. The summed E-state index contributed by atoms with van der Waals surface area (Å²) in [7, 11) is 0. The van der Waals surface area contributed by atoms with Gasteiger partial charge in [-0.15, -0.1) is 0 Å². The molecule has 120 valence electrons. The van der Waals surface area contributed by atoms with Crippen LogP contribution in [0.3, 0.4) is 0 Å². The van der Waals surface area contributed by atoms with Gasteiger partial charge in [0.1, 0.15) is 0 Å². The molecular weight excluding hydrogens is 278 g/mol. The number of carbonyl (C=O) groups is 2. The predicted octanol–water partition coefficient (Wildman–Crippen LogP) is 3.35. The van der Waals surface area contributed by atoms with Crippen molar-refractivity contribution in [1.29, 1.82) is 0 Å².